The molecule has 0 spiro atoms. The SMILES string of the molecule is CC(C)OCc1ccc(C(=O)O)c(O)c1. The molecule has 0 saturated heterocycles. The van der Waals surface area contributed by atoms with Crippen molar-refractivity contribution in [2.45, 2.75) is 26.6 Å². The van der Waals surface area contributed by atoms with Gasteiger partial charge in [-0.05, 0) is 31.5 Å². The first-order valence-corrected chi connectivity index (χ1v) is 4.67. The van der Waals surface area contributed by atoms with Gasteiger partial charge in [-0.15, -0.1) is 0 Å². The first-order valence-electron chi connectivity index (χ1n) is 4.67. The molecule has 0 atom stereocenters. The van der Waals surface area contributed by atoms with Gasteiger partial charge in [0.25, 0.3) is 0 Å². The number of phenols is 1. The highest BCUT2D eigenvalue weighted by Crippen LogP contribution is 2.19. The van der Waals surface area contributed by atoms with Gasteiger partial charge in [0, 0.05) is 0 Å². The smallest absolute Gasteiger partial charge is 0.339 e. The highest BCUT2D eigenvalue weighted by atomic mass is 16.5. The van der Waals surface area contributed by atoms with E-state index in [1.165, 1.54) is 12.1 Å². The van der Waals surface area contributed by atoms with Crippen LogP contribution in [-0.2, 0) is 11.3 Å². The number of ether oxygens (including phenoxy) is 1. The van der Waals surface area contributed by atoms with Crippen molar-refractivity contribution in [3.8, 4) is 5.75 Å². The lowest BCUT2D eigenvalue weighted by molar-refractivity contribution is 0.0651. The Morgan fingerprint density at radius 3 is 2.60 bits per heavy atom. The topological polar surface area (TPSA) is 66.8 Å². The fraction of sp³-hybridized carbons (Fsp3) is 0.364. The molecule has 82 valence electrons. The van der Waals surface area contributed by atoms with E-state index in [4.69, 9.17) is 9.84 Å². The molecule has 0 aliphatic heterocycles. The Kier molecular flexibility index (Phi) is 3.68. The van der Waals surface area contributed by atoms with Gasteiger partial charge in [0.1, 0.15) is 11.3 Å². The number of rotatable bonds is 4. The zero-order chi connectivity index (χ0) is 11.4. The summed E-state index contributed by atoms with van der Waals surface area (Å²) in [5.74, 6) is -1.36. The summed E-state index contributed by atoms with van der Waals surface area (Å²) < 4.78 is 5.32. The highest BCUT2D eigenvalue weighted by molar-refractivity contribution is 5.90. The first-order chi connectivity index (χ1) is 7.00. The summed E-state index contributed by atoms with van der Waals surface area (Å²) in [6, 6.07) is 4.41. The van der Waals surface area contributed by atoms with Crippen LogP contribution >= 0.6 is 0 Å². The molecule has 0 saturated carbocycles. The molecule has 1 aromatic rings. The van der Waals surface area contributed by atoms with Gasteiger partial charge in [0.15, 0.2) is 0 Å². The van der Waals surface area contributed by atoms with Crippen LogP contribution in [0, 0.1) is 0 Å². The number of hydrogen-bond donors (Lipinski definition) is 2. The van der Waals surface area contributed by atoms with E-state index in [2.05, 4.69) is 0 Å². The first kappa shape index (κ1) is 11.5. The maximum atomic E-state index is 10.6. The fourth-order valence-corrected chi connectivity index (χ4v) is 1.11. The third-order valence-electron chi connectivity index (χ3n) is 1.88. The van der Waals surface area contributed by atoms with E-state index in [0.717, 1.165) is 5.56 Å². The Hall–Kier alpha value is -1.55. The maximum absolute atomic E-state index is 10.6. The Morgan fingerprint density at radius 2 is 2.13 bits per heavy atom. The van der Waals surface area contributed by atoms with Gasteiger partial charge in [0.2, 0.25) is 0 Å². The zero-order valence-corrected chi connectivity index (χ0v) is 8.73. The second kappa shape index (κ2) is 4.79. The second-order valence-corrected chi connectivity index (χ2v) is 3.52. The second-order valence-electron chi connectivity index (χ2n) is 3.52. The minimum Gasteiger partial charge on any atom is -0.507 e. The molecule has 2 N–H and O–H groups in total. The van der Waals surface area contributed by atoms with Crippen LogP contribution in [0.1, 0.15) is 29.8 Å². The largest absolute Gasteiger partial charge is 0.507 e. The molecular weight excluding hydrogens is 196 g/mol. The van der Waals surface area contributed by atoms with Crippen molar-refractivity contribution in [3.05, 3.63) is 29.3 Å². The van der Waals surface area contributed by atoms with E-state index in [0.29, 0.717) is 6.61 Å². The summed E-state index contributed by atoms with van der Waals surface area (Å²) in [5.41, 5.74) is 0.662. The van der Waals surface area contributed by atoms with E-state index >= 15 is 0 Å². The molecule has 0 unspecified atom stereocenters. The Bertz CT molecular complexity index is 358. The van der Waals surface area contributed by atoms with E-state index in [1.54, 1.807) is 6.07 Å². The van der Waals surface area contributed by atoms with Crippen molar-refractivity contribution in [2.24, 2.45) is 0 Å². The molecule has 0 bridgehead atoms. The summed E-state index contributed by atoms with van der Waals surface area (Å²) in [6.45, 7) is 4.18. The van der Waals surface area contributed by atoms with Gasteiger partial charge in [-0.25, -0.2) is 4.79 Å². The Labute approximate surface area is 88.1 Å². The third-order valence-corrected chi connectivity index (χ3v) is 1.88. The van der Waals surface area contributed by atoms with Crippen LogP contribution in [-0.4, -0.2) is 22.3 Å². The molecular formula is C11H14O4. The molecule has 4 nitrogen and oxygen atoms in total. The number of benzene rings is 1. The van der Waals surface area contributed by atoms with Gasteiger partial charge in [-0.3, -0.25) is 0 Å². The zero-order valence-electron chi connectivity index (χ0n) is 8.73. The van der Waals surface area contributed by atoms with Gasteiger partial charge in [0.05, 0.1) is 12.7 Å². The number of hydrogen-bond acceptors (Lipinski definition) is 3. The molecule has 0 amide bonds. The predicted molar refractivity (Wildman–Crippen MR) is 55.0 cm³/mol. The fourth-order valence-electron chi connectivity index (χ4n) is 1.11. The summed E-state index contributed by atoms with van der Waals surface area (Å²) >= 11 is 0. The number of carboxylic acids is 1. The lowest BCUT2D eigenvalue weighted by Crippen LogP contribution is -2.03. The summed E-state index contributed by atoms with van der Waals surface area (Å²) in [5, 5.41) is 18.1. The molecule has 0 radical (unpaired) electrons. The van der Waals surface area contributed by atoms with Gasteiger partial charge < -0.3 is 14.9 Å². The summed E-state index contributed by atoms with van der Waals surface area (Å²) in [6.07, 6.45) is 0.103. The molecule has 15 heavy (non-hydrogen) atoms. The van der Waals surface area contributed by atoms with Crippen LogP contribution in [0.2, 0.25) is 0 Å². The normalized spacial score (nSPS) is 10.6. The van der Waals surface area contributed by atoms with Crippen LogP contribution in [0.3, 0.4) is 0 Å². The summed E-state index contributed by atoms with van der Waals surface area (Å²) in [4.78, 5) is 10.6. The van der Waals surface area contributed by atoms with Crippen LogP contribution < -0.4 is 0 Å². The lowest BCUT2D eigenvalue weighted by Gasteiger charge is -2.08. The number of aromatic carboxylic acids is 1. The lowest BCUT2D eigenvalue weighted by atomic mass is 10.1. The van der Waals surface area contributed by atoms with Crippen molar-refractivity contribution < 1.29 is 19.7 Å². The molecule has 0 aliphatic rings. The number of carboxylic acid groups (broad SMARTS) is 1. The van der Waals surface area contributed by atoms with Crippen LogP contribution in [0.4, 0.5) is 0 Å². The van der Waals surface area contributed by atoms with Crippen molar-refractivity contribution in [2.75, 3.05) is 0 Å². The van der Waals surface area contributed by atoms with Gasteiger partial charge >= 0.3 is 5.97 Å². The highest BCUT2D eigenvalue weighted by Gasteiger charge is 2.09. The molecule has 4 heteroatoms. The quantitative estimate of drug-likeness (QED) is 0.797. The van der Waals surface area contributed by atoms with Crippen LogP contribution in [0.15, 0.2) is 18.2 Å². The summed E-state index contributed by atoms with van der Waals surface area (Å²) in [7, 11) is 0. The van der Waals surface area contributed by atoms with Crippen LogP contribution in [0.25, 0.3) is 0 Å². The van der Waals surface area contributed by atoms with E-state index < -0.39 is 5.97 Å². The van der Waals surface area contributed by atoms with E-state index in [9.17, 15) is 9.90 Å². The standard InChI is InChI=1S/C11H14O4/c1-7(2)15-6-8-3-4-9(11(13)14)10(12)5-8/h3-5,7,12H,6H2,1-2H3,(H,13,14). The molecule has 0 aromatic heterocycles. The van der Waals surface area contributed by atoms with Crippen molar-refractivity contribution >= 4 is 5.97 Å². The monoisotopic (exact) mass is 210 g/mol. The Morgan fingerprint density at radius 1 is 1.47 bits per heavy atom. The van der Waals surface area contributed by atoms with E-state index in [-0.39, 0.29) is 17.4 Å². The van der Waals surface area contributed by atoms with E-state index in [1.807, 2.05) is 13.8 Å². The van der Waals surface area contributed by atoms with Crippen molar-refractivity contribution in [1.82, 2.24) is 0 Å². The predicted octanol–water partition coefficient (Wildman–Crippen LogP) is 2.02. The van der Waals surface area contributed by atoms with Crippen molar-refractivity contribution in [1.29, 1.82) is 0 Å². The minimum absolute atomic E-state index is 0.0942. The average Bonchev–Trinajstić information content (AvgIpc) is 2.14. The minimum atomic E-state index is -1.14. The molecule has 1 rings (SSSR count). The van der Waals surface area contributed by atoms with Crippen LogP contribution in [0.5, 0.6) is 5.75 Å². The Balaban J connectivity index is 2.78. The molecule has 0 aliphatic carbocycles. The molecule has 0 fully saturated rings. The van der Waals surface area contributed by atoms with Gasteiger partial charge in [-0.2, -0.15) is 0 Å². The molecule has 0 heterocycles. The van der Waals surface area contributed by atoms with Gasteiger partial charge in [-0.1, -0.05) is 6.07 Å². The average molecular weight is 210 g/mol. The third kappa shape index (κ3) is 3.25. The molecule has 1 aromatic carbocycles. The number of carbonyl (C=O) groups is 1. The maximum Gasteiger partial charge on any atom is 0.339 e. The van der Waals surface area contributed by atoms with Crippen molar-refractivity contribution in [3.63, 3.8) is 0 Å². The number of aromatic hydroxyl groups is 1.